The number of H-pyrrole nitrogens is 1. The van der Waals surface area contributed by atoms with Gasteiger partial charge in [0.25, 0.3) is 0 Å². The van der Waals surface area contributed by atoms with Crippen LogP contribution in [-0.2, 0) is 4.74 Å². The van der Waals surface area contributed by atoms with Gasteiger partial charge in [-0.05, 0) is 54.7 Å². The third-order valence-corrected chi connectivity index (χ3v) is 5.79. The smallest absolute Gasteiger partial charge is 0.0642 e. The molecule has 2 N–H and O–H groups in total. The molecule has 3 aromatic rings. The first-order chi connectivity index (χ1) is 13.8. The third-order valence-electron chi connectivity index (χ3n) is 5.79. The fraction of sp³-hybridized carbons (Fsp3) is 0.417. The molecule has 2 aromatic carbocycles. The fourth-order valence-electron chi connectivity index (χ4n) is 4.26. The Balaban J connectivity index is 1.54. The van der Waals surface area contributed by atoms with Gasteiger partial charge in [0.1, 0.15) is 0 Å². The molecule has 1 aliphatic rings. The van der Waals surface area contributed by atoms with E-state index >= 15 is 0 Å². The molecule has 1 unspecified atom stereocenters. The Bertz CT molecular complexity index is 911. The molecule has 0 saturated carbocycles. The van der Waals surface area contributed by atoms with E-state index in [4.69, 9.17) is 4.74 Å². The first-order valence-corrected chi connectivity index (χ1v) is 10.6. The minimum Gasteiger partial charge on any atom is -0.378 e. The number of anilines is 3. The molecule has 4 heteroatoms. The monoisotopic (exact) mass is 377 g/mol. The maximum Gasteiger partial charge on any atom is 0.0642 e. The summed E-state index contributed by atoms with van der Waals surface area (Å²) in [6.45, 7) is 8.08. The Hall–Kier alpha value is -2.46. The van der Waals surface area contributed by atoms with E-state index in [0.717, 1.165) is 37.7 Å². The van der Waals surface area contributed by atoms with Crippen molar-refractivity contribution >= 4 is 28.0 Å². The molecule has 1 atom stereocenters. The number of nitrogens with one attached hydrogen (secondary N) is 2. The Kier molecular flexibility index (Phi) is 5.87. The second kappa shape index (κ2) is 8.70. The Morgan fingerprint density at radius 2 is 1.89 bits per heavy atom. The molecule has 0 aliphatic carbocycles. The number of morpholine rings is 1. The quantitative estimate of drug-likeness (QED) is 0.527. The predicted octanol–water partition coefficient (Wildman–Crippen LogP) is 6.04. The highest BCUT2D eigenvalue weighted by atomic mass is 16.5. The molecule has 148 valence electrons. The summed E-state index contributed by atoms with van der Waals surface area (Å²) in [6, 6.07) is 15.3. The summed E-state index contributed by atoms with van der Waals surface area (Å²) >= 11 is 0. The molecule has 2 heterocycles. The number of hydrogen-bond acceptors (Lipinski definition) is 3. The highest BCUT2D eigenvalue weighted by molar-refractivity contribution is 5.87. The number of fused-ring (bicyclic) bond motifs is 1. The van der Waals surface area contributed by atoms with Crippen molar-refractivity contribution in [2.75, 3.05) is 36.5 Å². The van der Waals surface area contributed by atoms with Crippen molar-refractivity contribution in [2.45, 2.75) is 39.0 Å². The van der Waals surface area contributed by atoms with E-state index < -0.39 is 0 Å². The summed E-state index contributed by atoms with van der Waals surface area (Å²) in [5.74, 6) is 0.641. The number of nitrogens with zero attached hydrogens (tertiary/aromatic N) is 1. The average Bonchev–Trinajstić information content (AvgIpc) is 3.16. The second-order valence-electron chi connectivity index (χ2n) is 7.67. The maximum absolute atomic E-state index is 5.47. The SMILES string of the molecule is CCCC(CC)c1c[nH]c2cc(Nc3cccc(N4CCOCC4)c3)ccc12. The summed E-state index contributed by atoms with van der Waals surface area (Å²) in [5, 5.41) is 4.93. The van der Waals surface area contributed by atoms with E-state index in [1.165, 1.54) is 41.4 Å². The number of aromatic nitrogens is 1. The van der Waals surface area contributed by atoms with Gasteiger partial charge in [0.05, 0.1) is 13.2 Å². The number of ether oxygens (including phenoxy) is 1. The van der Waals surface area contributed by atoms with Crippen molar-refractivity contribution < 1.29 is 4.74 Å². The van der Waals surface area contributed by atoms with E-state index in [9.17, 15) is 0 Å². The molecule has 28 heavy (non-hydrogen) atoms. The molecule has 0 radical (unpaired) electrons. The second-order valence-corrected chi connectivity index (χ2v) is 7.67. The van der Waals surface area contributed by atoms with Crippen LogP contribution in [0.15, 0.2) is 48.7 Å². The molecule has 0 amide bonds. The van der Waals surface area contributed by atoms with Crippen LogP contribution in [0.2, 0.25) is 0 Å². The Morgan fingerprint density at radius 1 is 1.07 bits per heavy atom. The van der Waals surface area contributed by atoms with Gasteiger partial charge in [-0.15, -0.1) is 0 Å². The molecule has 4 rings (SSSR count). The highest BCUT2D eigenvalue weighted by Gasteiger charge is 2.14. The van der Waals surface area contributed by atoms with Gasteiger partial charge in [-0.3, -0.25) is 0 Å². The Labute approximate surface area is 167 Å². The molecular formula is C24H31N3O. The zero-order valence-electron chi connectivity index (χ0n) is 17.0. The van der Waals surface area contributed by atoms with Crippen LogP contribution in [0.25, 0.3) is 10.9 Å². The number of aromatic amines is 1. The van der Waals surface area contributed by atoms with Gasteiger partial charge in [-0.2, -0.15) is 0 Å². The Morgan fingerprint density at radius 3 is 2.68 bits per heavy atom. The topological polar surface area (TPSA) is 40.3 Å². The van der Waals surface area contributed by atoms with Crippen LogP contribution in [0, 0.1) is 0 Å². The normalized spacial score (nSPS) is 15.7. The van der Waals surface area contributed by atoms with Gasteiger partial charge in [0, 0.05) is 47.3 Å². The molecule has 1 aromatic heterocycles. The molecule has 1 aliphatic heterocycles. The lowest BCUT2D eigenvalue weighted by Crippen LogP contribution is -2.36. The van der Waals surface area contributed by atoms with E-state index in [0.29, 0.717) is 5.92 Å². The van der Waals surface area contributed by atoms with Gasteiger partial charge < -0.3 is 19.9 Å². The van der Waals surface area contributed by atoms with Crippen LogP contribution in [0.3, 0.4) is 0 Å². The van der Waals surface area contributed by atoms with Gasteiger partial charge in [-0.1, -0.05) is 32.4 Å². The van der Waals surface area contributed by atoms with E-state index in [-0.39, 0.29) is 0 Å². The predicted molar refractivity (Wildman–Crippen MR) is 119 cm³/mol. The highest BCUT2D eigenvalue weighted by Crippen LogP contribution is 2.33. The van der Waals surface area contributed by atoms with E-state index in [2.05, 4.69) is 77.7 Å². The van der Waals surface area contributed by atoms with Crippen molar-refractivity contribution in [3.63, 3.8) is 0 Å². The summed E-state index contributed by atoms with van der Waals surface area (Å²) in [6.07, 6.45) is 5.87. The largest absolute Gasteiger partial charge is 0.378 e. The minimum absolute atomic E-state index is 0.641. The van der Waals surface area contributed by atoms with Crippen LogP contribution >= 0.6 is 0 Å². The van der Waals surface area contributed by atoms with Gasteiger partial charge in [0.15, 0.2) is 0 Å². The van der Waals surface area contributed by atoms with Crippen LogP contribution in [-0.4, -0.2) is 31.3 Å². The standard InChI is InChI=1S/C24H31N3O/c1-3-6-18(4-2)23-17-25-24-16-20(9-10-22(23)24)26-19-7-5-8-21(15-19)27-11-13-28-14-12-27/h5,7-10,15-18,25-26H,3-4,6,11-14H2,1-2H3. The van der Waals surface area contributed by atoms with E-state index in [1.54, 1.807) is 0 Å². The zero-order chi connectivity index (χ0) is 19.3. The van der Waals surface area contributed by atoms with Gasteiger partial charge in [-0.25, -0.2) is 0 Å². The maximum atomic E-state index is 5.47. The number of hydrogen-bond donors (Lipinski definition) is 2. The third kappa shape index (κ3) is 4.02. The van der Waals surface area contributed by atoms with E-state index in [1.807, 2.05) is 0 Å². The summed E-state index contributed by atoms with van der Waals surface area (Å²) in [4.78, 5) is 5.87. The number of rotatable bonds is 7. The average molecular weight is 378 g/mol. The van der Waals surface area contributed by atoms with Crippen LogP contribution in [0.1, 0.15) is 44.6 Å². The fourth-order valence-corrected chi connectivity index (χ4v) is 4.26. The van der Waals surface area contributed by atoms with Crippen LogP contribution < -0.4 is 10.2 Å². The van der Waals surface area contributed by atoms with Crippen molar-refractivity contribution in [2.24, 2.45) is 0 Å². The lowest BCUT2D eigenvalue weighted by molar-refractivity contribution is 0.122. The summed E-state index contributed by atoms with van der Waals surface area (Å²) in [7, 11) is 0. The summed E-state index contributed by atoms with van der Waals surface area (Å²) < 4.78 is 5.47. The first-order valence-electron chi connectivity index (χ1n) is 10.6. The molecule has 1 fully saturated rings. The lowest BCUT2D eigenvalue weighted by atomic mass is 9.92. The summed E-state index contributed by atoms with van der Waals surface area (Å²) in [5.41, 5.74) is 6.15. The molecular weight excluding hydrogens is 346 g/mol. The number of benzene rings is 2. The molecule has 0 bridgehead atoms. The molecule has 0 spiro atoms. The van der Waals surface area contributed by atoms with Crippen LogP contribution in [0.5, 0.6) is 0 Å². The van der Waals surface area contributed by atoms with Crippen molar-refractivity contribution in [3.05, 3.63) is 54.2 Å². The first kappa shape index (κ1) is 18.9. The minimum atomic E-state index is 0.641. The van der Waals surface area contributed by atoms with Crippen molar-refractivity contribution in [1.82, 2.24) is 4.98 Å². The molecule has 1 saturated heterocycles. The van der Waals surface area contributed by atoms with Crippen molar-refractivity contribution in [3.8, 4) is 0 Å². The molecule has 4 nitrogen and oxygen atoms in total. The zero-order valence-corrected chi connectivity index (χ0v) is 17.0. The van der Waals surface area contributed by atoms with Gasteiger partial charge in [0.2, 0.25) is 0 Å². The van der Waals surface area contributed by atoms with Crippen molar-refractivity contribution in [1.29, 1.82) is 0 Å². The van der Waals surface area contributed by atoms with Gasteiger partial charge >= 0.3 is 0 Å². The lowest BCUT2D eigenvalue weighted by Gasteiger charge is -2.29. The van der Waals surface area contributed by atoms with Crippen LogP contribution in [0.4, 0.5) is 17.1 Å².